The first-order valence-corrected chi connectivity index (χ1v) is 6.30. The Morgan fingerprint density at radius 3 is 2.33 bits per heavy atom. The Hall–Kier alpha value is -1.80. The molecule has 94 valence electrons. The van der Waals surface area contributed by atoms with E-state index in [9.17, 15) is 0 Å². The molecule has 2 heteroatoms. The fourth-order valence-electron chi connectivity index (χ4n) is 1.68. The second kappa shape index (κ2) is 6.22. The third-order valence-electron chi connectivity index (χ3n) is 2.64. The Labute approximate surface area is 109 Å². The summed E-state index contributed by atoms with van der Waals surface area (Å²) in [5, 5.41) is 3.41. The summed E-state index contributed by atoms with van der Waals surface area (Å²) < 4.78 is 5.90. The smallest absolute Gasteiger partial charge is 0.131 e. The number of ether oxygens (including phenoxy) is 1. The van der Waals surface area contributed by atoms with Gasteiger partial charge in [-0.1, -0.05) is 50.2 Å². The van der Waals surface area contributed by atoms with Crippen LogP contribution in [-0.2, 0) is 6.54 Å². The molecule has 0 heterocycles. The van der Waals surface area contributed by atoms with Crippen LogP contribution in [0.4, 0.5) is 0 Å². The third-order valence-corrected chi connectivity index (χ3v) is 2.64. The number of para-hydroxylation sites is 2. The zero-order chi connectivity index (χ0) is 12.8. The van der Waals surface area contributed by atoms with Crippen molar-refractivity contribution in [2.24, 2.45) is 0 Å². The molecule has 0 saturated heterocycles. The van der Waals surface area contributed by atoms with Crippen molar-refractivity contribution in [1.29, 1.82) is 0 Å². The molecule has 0 atom stereocenters. The van der Waals surface area contributed by atoms with E-state index in [1.54, 1.807) is 0 Å². The molecule has 0 spiro atoms. The summed E-state index contributed by atoms with van der Waals surface area (Å²) in [4.78, 5) is 0. The first-order valence-electron chi connectivity index (χ1n) is 6.30. The van der Waals surface area contributed by atoms with Crippen LogP contribution in [0.1, 0.15) is 19.4 Å². The van der Waals surface area contributed by atoms with Crippen LogP contribution in [0.25, 0.3) is 0 Å². The van der Waals surface area contributed by atoms with E-state index in [-0.39, 0.29) is 0 Å². The summed E-state index contributed by atoms with van der Waals surface area (Å²) in [6, 6.07) is 18.5. The number of hydrogen-bond donors (Lipinski definition) is 1. The van der Waals surface area contributed by atoms with Gasteiger partial charge < -0.3 is 10.1 Å². The second-order valence-corrected chi connectivity index (χ2v) is 4.56. The van der Waals surface area contributed by atoms with Crippen molar-refractivity contribution in [2.75, 3.05) is 0 Å². The van der Waals surface area contributed by atoms with Crippen LogP contribution >= 0.6 is 0 Å². The second-order valence-electron chi connectivity index (χ2n) is 4.56. The zero-order valence-electron chi connectivity index (χ0n) is 10.9. The standard InChI is InChI=1S/C16H19NO/c1-13(2)17-12-14-8-6-7-11-16(14)18-15-9-4-3-5-10-15/h3-11,13,17H,12H2,1-2H3. The molecule has 18 heavy (non-hydrogen) atoms. The summed E-state index contributed by atoms with van der Waals surface area (Å²) in [5.41, 5.74) is 1.18. The molecule has 0 bridgehead atoms. The minimum Gasteiger partial charge on any atom is -0.457 e. The molecule has 0 aromatic heterocycles. The lowest BCUT2D eigenvalue weighted by Gasteiger charge is -2.13. The highest BCUT2D eigenvalue weighted by molar-refractivity contribution is 5.37. The van der Waals surface area contributed by atoms with Crippen molar-refractivity contribution < 1.29 is 4.74 Å². The van der Waals surface area contributed by atoms with Crippen LogP contribution in [0.3, 0.4) is 0 Å². The Balaban J connectivity index is 2.12. The maximum absolute atomic E-state index is 5.90. The summed E-state index contributed by atoms with van der Waals surface area (Å²) in [5.74, 6) is 1.78. The molecule has 0 aliphatic carbocycles. The Kier molecular flexibility index (Phi) is 4.37. The lowest BCUT2D eigenvalue weighted by molar-refractivity contribution is 0.469. The molecule has 2 aromatic carbocycles. The number of benzene rings is 2. The van der Waals surface area contributed by atoms with E-state index in [1.165, 1.54) is 5.56 Å². The van der Waals surface area contributed by atoms with Gasteiger partial charge in [-0.15, -0.1) is 0 Å². The highest BCUT2D eigenvalue weighted by atomic mass is 16.5. The van der Waals surface area contributed by atoms with Crippen LogP contribution in [0.2, 0.25) is 0 Å². The van der Waals surface area contributed by atoms with Gasteiger partial charge in [-0.05, 0) is 18.2 Å². The lowest BCUT2D eigenvalue weighted by Crippen LogP contribution is -2.22. The molecular formula is C16H19NO. The first kappa shape index (κ1) is 12.7. The summed E-state index contributed by atoms with van der Waals surface area (Å²) in [6.07, 6.45) is 0. The summed E-state index contributed by atoms with van der Waals surface area (Å²) >= 11 is 0. The SMILES string of the molecule is CC(C)NCc1ccccc1Oc1ccccc1. The van der Waals surface area contributed by atoms with Gasteiger partial charge in [-0.2, -0.15) is 0 Å². The van der Waals surface area contributed by atoms with Crippen molar-refractivity contribution in [3.05, 3.63) is 60.2 Å². The fourth-order valence-corrected chi connectivity index (χ4v) is 1.68. The van der Waals surface area contributed by atoms with Crippen LogP contribution < -0.4 is 10.1 Å². The Morgan fingerprint density at radius 2 is 1.61 bits per heavy atom. The molecule has 0 aliphatic rings. The van der Waals surface area contributed by atoms with E-state index in [0.29, 0.717) is 6.04 Å². The molecule has 0 saturated carbocycles. The average molecular weight is 241 g/mol. The molecule has 2 nitrogen and oxygen atoms in total. The quantitative estimate of drug-likeness (QED) is 0.855. The van der Waals surface area contributed by atoms with E-state index >= 15 is 0 Å². The van der Waals surface area contributed by atoms with Gasteiger partial charge in [-0.3, -0.25) is 0 Å². The molecule has 0 fully saturated rings. The van der Waals surface area contributed by atoms with Crippen LogP contribution in [-0.4, -0.2) is 6.04 Å². The van der Waals surface area contributed by atoms with Gasteiger partial charge in [0.05, 0.1) is 0 Å². The number of nitrogens with one attached hydrogen (secondary N) is 1. The third kappa shape index (κ3) is 3.60. The maximum Gasteiger partial charge on any atom is 0.131 e. The van der Waals surface area contributed by atoms with Crippen molar-refractivity contribution >= 4 is 0 Å². The summed E-state index contributed by atoms with van der Waals surface area (Å²) in [7, 11) is 0. The molecular weight excluding hydrogens is 222 g/mol. The van der Waals surface area contributed by atoms with Gasteiger partial charge in [0.2, 0.25) is 0 Å². The van der Waals surface area contributed by atoms with Crippen molar-refractivity contribution in [2.45, 2.75) is 26.4 Å². The maximum atomic E-state index is 5.90. The van der Waals surface area contributed by atoms with Gasteiger partial charge in [0, 0.05) is 18.2 Å². The van der Waals surface area contributed by atoms with Crippen molar-refractivity contribution in [1.82, 2.24) is 5.32 Å². The van der Waals surface area contributed by atoms with Gasteiger partial charge >= 0.3 is 0 Å². The van der Waals surface area contributed by atoms with Crippen LogP contribution in [0.5, 0.6) is 11.5 Å². The molecule has 0 aliphatic heterocycles. The minimum absolute atomic E-state index is 0.467. The Bertz CT molecular complexity index is 479. The van der Waals surface area contributed by atoms with Crippen LogP contribution in [0, 0.1) is 0 Å². The molecule has 0 amide bonds. The average Bonchev–Trinajstić information content (AvgIpc) is 2.39. The molecule has 2 aromatic rings. The molecule has 1 N–H and O–H groups in total. The van der Waals surface area contributed by atoms with E-state index in [4.69, 9.17) is 4.74 Å². The van der Waals surface area contributed by atoms with Gasteiger partial charge in [0.25, 0.3) is 0 Å². The Morgan fingerprint density at radius 1 is 0.944 bits per heavy atom. The van der Waals surface area contributed by atoms with E-state index in [1.807, 2.05) is 48.5 Å². The fraction of sp³-hybridized carbons (Fsp3) is 0.250. The van der Waals surface area contributed by atoms with E-state index in [0.717, 1.165) is 18.0 Å². The number of rotatable bonds is 5. The van der Waals surface area contributed by atoms with E-state index < -0.39 is 0 Å². The largest absolute Gasteiger partial charge is 0.457 e. The number of hydrogen-bond acceptors (Lipinski definition) is 2. The highest BCUT2D eigenvalue weighted by Gasteiger charge is 2.04. The van der Waals surface area contributed by atoms with E-state index in [2.05, 4.69) is 25.2 Å². The van der Waals surface area contributed by atoms with Crippen LogP contribution in [0.15, 0.2) is 54.6 Å². The monoisotopic (exact) mass is 241 g/mol. The highest BCUT2D eigenvalue weighted by Crippen LogP contribution is 2.24. The summed E-state index contributed by atoms with van der Waals surface area (Å²) in [6.45, 7) is 5.10. The predicted molar refractivity (Wildman–Crippen MR) is 74.9 cm³/mol. The first-order chi connectivity index (χ1) is 8.75. The van der Waals surface area contributed by atoms with Gasteiger partial charge in [0.15, 0.2) is 0 Å². The van der Waals surface area contributed by atoms with Gasteiger partial charge in [0.1, 0.15) is 11.5 Å². The van der Waals surface area contributed by atoms with Crippen molar-refractivity contribution in [3.63, 3.8) is 0 Å². The molecule has 0 unspecified atom stereocenters. The molecule has 0 radical (unpaired) electrons. The predicted octanol–water partition coefficient (Wildman–Crippen LogP) is 3.98. The molecule has 2 rings (SSSR count). The van der Waals surface area contributed by atoms with Crippen molar-refractivity contribution in [3.8, 4) is 11.5 Å². The van der Waals surface area contributed by atoms with Gasteiger partial charge in [-0.25, -0.2) is 0 Å². The minimum atomic E-state index is 0.467. The normalized spacial score (nSPS) is 10.6. The topological polar surface area (TPSA) is 21.3 Å². The lowest BCUT2D eigenvalue weighted by atomic mass is 10.2. The zero-order valence-corrected chi connectivity index (χ0v) is 10.9.